The fraction of sp³-hybridized carbons (Fsp3) is 0.278. The van der Waals surface area contributed by atoms with Gasteiger partial charge in [-0.1, -0.05) is 39.0 Å². The molecule has 0 bridgehead atoms. The van der Waals surface area contributed by atoms with Crippen LogP contribution in [0.3, 0.4) is 0 Å². The molecule has 0 aromatic heterocycles. The van der Waals surface area contributed by atoms with Gasteiger partial charge >= 0.3 is 0 Å². The van der Waals surface area contributed by atoms with Crippen LogP contribution in [0.5, 0.6) is 5.75 Å². The molecule has 1 amide bonds. The van der Waals surface area contributed by atoms with Gasteiger partial charge in [-0.3, -0.25) is 4.79 Å². The van der Waals surface area contributed by atoms with Gasteiger partial charge in [0.1, 0.15) is 5.75 Å². The number of amides is 1. The molecule has 0 unspecified atom stereocenters. The molecule has 116 valence electrons. The summed E-state index contributed by atoms with van der Waals surface area (Å²) in [7, 11) is 0. The van der Waals surface area contributed by atoms with Crippen LogP contribution >= 0.6 is 0 Å². The van der Waals surface area contributed by atoms with Crippen LogP contribution < -0.4 is 11.1 Å². The SMILES string of the molecule is CC(C)(C)c1ccc(O)c(NC(=O)c2ccc(CN)cc2)c1. The highest BCUT2D eigenvalue weighted by Gasteiger charge is 2.16. The maximum absolute atomic E-state index is 12.3. The van der Waals surface area contributed by atoms with E-state index in [2.05, 4.69) is 26.1 Å². The smallest absolute Gasteiger partial charge is 0.255 e. The molecule has 2 aromatic carbocycles. The Hall–Kier alpha value is -2.33. The van der Waals surface area contributed by atoms with Crippen LogP contribution in [-0.2, 0) is 12.0 Å². The van der Waals surface area contributed by atoms with Crippen LogP contribution in [0.25, 0.3) is 0 Å². The van der Waals surface area contributed by atoms with E-state index < -0.39 is 0 Å². The zero-order chi connectivity index (χ0) is 16.3. The molecule has 4 N–H and O–H groups in total. The predicted octanol–water partition coefficient (Wildman–Crippen LogP) is 3.40. The van der Waals surface area contributed by atoms with Crippen molar-refractivity contribution in [1.82, 2.24) is 0 Å². The minimum absolute atomic E-state index is 0.0555. The predicted molar refractivity (Wildman–Crippen MR) is 89.1 cm³/mol. The lowest BCUT2D eigenvalue weighted by Crippen LogP contribution is -2.15. The monoisotopic (exact) mass is 298 g/mol. The molecule has 0 heterocycles. The van der Waals surface area contributed by atoms with Gasteiger partial charge in [-0.15, -0.1) is 0 Å². The number of aromatic hydroxyl groups is 1. The number of carbonyl (C=O) groups is 1. The van der Waals surface area contributed by atoms with Gasteiger partial charge < -0.3 is 16.2 Å². The molecule has 22 heavy (non-hydrogen) atoms. The fourth-order valence-electron chi connectivity index (χ4n) is 2.09. The van der Waals surface area contributed by atoms with Crippen LogP contribution in [0, 0.1) is 0 Å². The van der Waals surface area contributed by atoms with E-state index in [1.807, 2.05) is 24.3 Å². The van der Waals surface area contributed by atoms with Crippen molar-refractivity contribution >= 4 is 11.6 Å². The molecular formula is C18H22N2O2. The minimum atomic E-state index is -0.259. The summed E-state index contributed by atoms with van der Waals surface area (Å²) in [4.78, 5) is 12.3. The van der Waals surface area contributed by atoms with Crippen molar-refractivity contribution in [3.05, 3.63) is 59.2 Å². The Labute approximate surface area is 131 Å². The molecule has 2 rings (SSSR count). The highest BCUT2D eigenvalue weighted by atomic mass is 16.3. The average molecular weight is 298 g/mol. The number of anilines is 1. The molecular weight excluding hydrogens is 276 g/mol. The van der Waals surface area contributed by atoms with Crippen molar-refractivity contribution in [3.63, 3.8) is 0 Å². The molecule has 0 saturated carbocycles. The number of phenols is 1. The number of carbonyl (C=O) groups excluding carboxylic acids is 1. The minimum Gasteiger partial charge on any atom is -0.506 e. The molecule has 4 heteroatoms. The van der Waals surface area contributed by atoms with E-state index >= 15 is 0 Å². The van der Waals surface area contributed by atoms with Crippen molar-refractivity contribution in [2.75, 3.05) is 5.32 Å². The average Bonchev–Trinajstić information content (AvgIpc) is 2.48. The van der Waals surface area contributed by atoms with Crippen molar-refractivity contribution < 1.29 is 9.90 Å². The van der Waals surface area contributed by atoms with Gasteiger partial charge in [0.2, 0.25) is 0 Å². The number of nitrogens with one attached hydrogen (secondary N) is 1. The third kappa shape index (κ3) is 3.65. The van der Waals surface area contributed by atoms with Crippen LogP contribution in [0.1, 0.15) is 42.3 Å². The van der Waals surface area contributed by atoms with Crippen LogP contribution in [0.15, 0.2) is 42.5 Å². The van der Waals surface area contributed by atoms with Gasteiger partial charge in [-0.2, -0.15) is 0 Å². The van der Waals surface area contributed by atoms with Crippen LogP contribution in [0.4, 0.5) is 5.69 Å². The summed E-state index contributed by atoms with van der Waals surface area (Å²) in [6.45, 7) is 6.68. The largest absolute Gasteiger partial charge is 0.506 e. The molecule has 0 aliphatic rings. The lowest BCUT2D eigenvalue weighted by Gasteiger charge is -2.20. The van der Waals surface area contributed by atoms with E-state index in [0.29, 0.717) is 17.8 Å². The van der Waals surface area contributed by atoms with E-state index in [1.165, 1.54) is 0 Å². The lowest BCUT2D eigenvalue weighted by atomic mass is 9.87. The van der Waals surface area contributed by atoms with Gasteiger partial charge in [0.05, 0.1) is 5.69 Å². The first-order chi connectivity index (χ1) is 10.3. The second-order valence-electron chi connectivity index (χ2n) is 6.34. The van der Waals surface area contributed by atoms with Crippen molar-refractivity contribution in [1.29, 1.82) is 0 Å². The maximum atomic E-state index is 12.3. The zero-order valence-electron chi connectivity index (χ0n) is 13.2. The summed E-state index contributed by atoms with van der Waals surface area (Å²) < 4.78 is 0. The Morgan fingerprint density at radius 3 is 2.32 bits per heavy atom. The van der Waals surface area contributed by atoms with Gasteiger partial charge in [-0.25, -0.2) is 0 Å². The van der Waals surface area contributed by atoms with E-state index in [9.17, 15) is 9.90 Å². The van der Waals surface area contributed by atoms with Crippen LogP contribution in [-0.4, -0.2) is 11.0 Å². The standard InChI is InChI=1S/C18H22N2O2/c1-18(2,3)14-8-9-16(21)15(10-14)20-17(22)13-6-4-12(11-19)5-7-13/h4-10,21H,11,19H2,1-3H3,(H,20,22). The number of rotatable bonds is 3. The molecule has 0 spiro atoms. The maximum Gasteiger partial charge on any atom is 0.255 e. The van der Waals surface area contributed by atoms with E-state index in [-0.39, 0.29) is 17.1 Å². The van der Waals surface area contributed by atoms with Gasteiger partial charge in [-0.05, 0) is 40.8 Å². The third-order valence-corrected chi connectivity index (χ3v) is 3.56. The third-order valence-electron chi connectivity index (χ3n) is 3.56. The highest BCUT2D eigenvalue weighted by Crippen LogP contribution is 2.30. The second kappa shape index (κ2) is 6.20. The summed E-state index contributed by atoms with van der Waals surface area (Å²) in [6, 6.07) is 12.4. The zero-order valence-corrected chi connectivity index (χ0v) is 13.2. The molecule has 2 aromatic rings. The Kier molecular flexibility index (Phi) is 4.52. The normalized spacial score (nSPS) is 11.3. The van der Waals surface area contributed by atoms with Crippen molar-refractivity contribution in [3.8, 4) is 5.75 Å². The second-order valence-corrected chi connectivity index (χ2v) is 6.34. The Morgan fingerprint density at radius 2 is 1.77 bits per heavy atom. The molecule has 0 fully saturated rings. The molecule has 0 atom stereocenters. The Bertz CT molecular complexity index is 670. The van der Waals surface area contributed by atoms with E-state index in [0.717, 1.165) is 11.1 Å². The summed E-state index contributed by atoms with van der Waals surface area (Å²) in [5.74, 6) is -0.204. The highest BCUT2D eigenvalue weighted by molar-refractivity contribution is 6.05. The topological polar surface area (TPSA) is 75.3 Å². The summed E-state index contributed by atoms with van der Waals surface area (Å²) in [5.41, 5.74) is 8.43. The number of hydrogen-bond donors (Lipinski definition) is 3. The van der Waals surface area contributed by atoms with Crippen LogP contribution in [0.2, 0.25) is 0 Å². The lowest BCUT2D eigenvalue weighted by molar-refractivity contribution is 0.102. The number of nitrogens with two attached hydrogens (primary N) is 1. The molecule has 4 nitrogen and oxygen atoms in total. The summed E-state index contributed by atoms with van der Waals surface area (Å²) in [5, 5.41) is 12.7. The van der Waals surface area contributed by atoms with Gasteiger partial charge in [0.15, 0.2) is 0 Å². The van der Waals surface area contributed by atoms with Gasteiger partial charge in [0, 0.05) is 12.1 Å². The number of phenolic OH excluding ortho intramolecular Hbond substituents is 1. The van der Waals surface area contributed by atoms with Crippen molar-refractivity contribution in [2.24, 2.45) is 5.73 Å². The van der Waals surface area contributed by atoms with Gasteiger partial charge in [0.25, 0.3) is 5.91 Å². The quantitative estimate of drug-likeness (QED) is 0.760. The summed E-state index contributed by atoms with van der Waals surface area (Å²) in [6.07, 6.45) is 0. The molecule has 0 radical (unpaired) electrons. The fourth-order valence-corrected chi connectivity index (χ4v) is 2.09. The number of hydrogen-bond acceptors (Lipinski definition) is 3. The first-order valence-electron chi connectivity index (χ1n) is 7.25. The summed E-state index contributed by atoms with van der Waals surface area (Å²) >= 11 is 0. The number of benzene rings is 2. The van der Waals surface area contributed by atoms with E-state index in [4.69, 9.17) is 5.73 Å². The first kappa shape index (κ1) is 16.0. The Morgan fingerprint density at radius 1 is 1.14 bits per heavy atom. The van der Waals surface area contributed by atoms with E-state index in [1.54, 1.807) is 18.2 Å². The molecule has 0 saturated heterocycles. The Balaban J connectivity index is 2.23. The van der Waals surface area contributed by atoms with Crippen molar-refractivity contribution in [2.45, 2.75) is 32.7 Å². The first-order valence-corrected chi connectivity index (χ1v) is 7.25. The molecule has 0 aliphatic carbocycles. The molecule has 0 aliphatic heterocycles.